The molecule has 2 atom stereocenters. The molecular formula is C14H30N2. The normalized spacial score (nSPS) is 24.8. The van der Waals surface area contributed by atoms with Crippen molar-refractivity contribution in [3.05, 3.63) is 0 Å². The molecule has 0 radical (unpaired) electrons. The molecule has 1 fully saturated rings. The fourth-order valence-corrected chi connectivity index (χ4v) is 2.76. The fourth-order valence-electron chi connectivity index (χ4n) is 2.76. The van der Waals surface area contributed by atoms with E-state index in [-0.39, 0.29) is 0 Å². The Bertz CT molecular complexity index is 195. The molecule has 1 rings (SSSR count). The van der Waals surface area contributed by atoms with Crippen molar-refractivity contribution in [2.45, 2.75) is 53.0 Å². The summed E-state index contributed by atoms with van der Waals surface area (Å²) >= 11 is 0. The van der Waals surface area contributed by atoms with Crippen LogP contribution in [0.3, 0.4) is 0 Å². The van der Waals surface area contributed by atoms with Gasteiger partial charge in [-0.3, -0.25) is 0 Å². The number of nitrogens with one attached hydrogen (secondary N) is 1. The van der Waals surface area contributed by atoms with Crippen LogP contribution in [0.5, 0.6) is 0 Å². The van der Waals surface area contributed by atoms with Crippen LogP contribution in [0.4, 0.5) is 0 Å². The Morgan fingerprint density at radius 1 is 1.44 bits per heavy atom. The van der Waals surface area contributed by atoms with Gasteiger partial charge in [0.05, 0.1) is 0 Å². The third-order valence-electron chi connectivity index (χ3n) is 4.40. The van der Waals surface area contributed by atoms with Crippen LogP contribution < -0.4 is 5.32 Å². The van der Waals surface area contributed by atoms with E-state index in [1.807, 2.05) is 0 Å². The highest BCUT2D eigenvalue weighted by molar-refractivity contribution is 4.85. The maximum atomic E-state index is 3.54. The smallest absolute Gasteiger partial charge is 0.00614 e. The topological polar surface area (TPSA) is 15.3 Å². The van der Waals surface area contributed by atoms with Crippen LogP contribution in [0.15, 0.2) is 0 Å². The Morgan fingerprint density at radius 2 is 2.12 bits per heavy atom. The monoisotopic (exact) mass is 226 g/mol. The fraction of sp³-hybridized carbons (Fsp3) is 1.00. The molecule has 1 heterocycles. The van der Waals surface area contributed by atoms with E-state index in [9.17, 15) is 0 Å². The number of nitrogens with zero attached hydrogens (tertiary/aromatic N) is 1. The van der Waals surface area contributed by atoms with E-state index < -0.39 is 0 Å². The first-order valence-electron chi connectivity index (χ1n) is 6.88. The summed E-state index contributed by atoms with van der Waals surface area (Å²) in [6.45, 7) is 13.1. The highest BCUT2D eigenvalue weighted by Crippen LogP contribution is 2.32. The second-order valence-electron chi connectivity index (χ2n) is 6.20. The molecule has 16 heavy (non-hydrogen) atoms. The summed E-state index contributed by atoms with van der Waals surface area (Å²) in [6.07, 6.45) is 3.99. The molecule has 0 bridgehead atoms. The third kappa shape index (κ3) is 3.74. The maximum absolute atomic E-state index is 3.54. The van der Waals surface area contributed by atoms with Crippen LogP contribution in [0.2, 0.25) is 0 Å². The average Bonchev–Trinajstić information content (AvgIpc) is 2.28. The zero-order valence-corrected chi connectivity index (χ0v) is 11.8. The maximum Gasteiger partial charge on any atom is 0.00614 e. The van der Waals surface area contributed by atoms with Crippen molar-refractivity contribution in [1.29, 1.82) is 0 Å². The highest BCUT2D eigenvalue weighted by Gasteiger charge is 2.32. The molecule has 0 aliphatic carbocycles. The lowest BCUT2D eigenvalue weighted by atomic mass is 9.74. The molecule has 0 aromatic carbocycles. The molecule has 1 aliphatic heterocycles. The molecule has 2 nitrogen and oxygen atoms in total. The Kier molecular flexibility index (Phi) is 5.26. The van der Waals surface area contributed by atoms with E-state index >= 15 is 0 Å². The molecule has 0 spiro atoms. The van der Waals surface area contributed by atoms with E-state index in [4.69, 9.17) is 0 Å². The first-order chi connectivity index (χ1) is 7.47. The van der Waals surface area contributed by atoms with E-state index in [2.05, 4.69) is 45.0 Å². The molecule has 0 aromatic heterocycles. The van der Waals surface area contributed by atoms with Crippen LogP contribution in [0, 0.1) is 11.3 Å². The van der Waals surface area contributed by atoms with Crippen LogP contribution in [0.25, 0.3) is 0 Å². The quantitative estimate of drug-likeness (QED) is 0.775. The molecule has 1 aliphatic rings. The van der Waals surface area contributed by atoms with Crippen molar-refractivity contribution in [1.82, 2.24) is 10.2 Å². The van der Waals surface area contributed by atoms with Gasteiger partial charge in [0.1, 0.15) is 0 Å². The Hall–Kier alpha value is -0.0800. The van der Waals surface area contributed by atoms with Crippen molar-refractivity contribution in [2.75, 3.05) is 26.7 Å². The van der Waals surface area contributed by atoms with Gasteiger partial charge in [0.15, 0.2) is 0 Å². The van der Waals surface area contributed by atoms with Gasteiger partial charge in [-0.25, -0.2) is 0 Å². The van der Waals surface area contributed by atoms with Gasteiger partial charge >= 0.3 is 0 Å². The summed E-state index contributed by atoms with van der Waals surface area (Å²) in [5, 5.41) is 3.54. The molecule has 1 N–H and O–H groups in total. The van der Waals surface area contributed by atoms with Gasteiger partial charge in [-0.15, -0.1) is 0 Å². The minimum atomic E-state index is 0.436. The minimum Gasteiger partial charge on any atom is -0.316 e. The molecule has 2 unspecified atom stereocenters. The van der Waals surface area contributed by atoms with Gasteiger partial charge in [-0.05, 0) is 57.7 Å². The summed E-state index contributed by atoms with van der Waals surface area (Å²) in [7, 11) is 2.27. The van der Waals surface area contributed by atoms with Crippen LogP contribution in [-0.4, -0.2) is 37.6 Å². The van der Waals surface area contributed by atoms with Gasteiger partial charge in [-0.1, -0.05) is 20.8 Å². The Morgan fingerprint density at radius 3 is 2.62 bits per heavy atom. The Labute approximate surface area is 102 Å². The summed E-state index contributed by atoms with van der Waals surface area (Å²) < 4.78 is 0. The van der Waals surface area contributed by atoms with E-state index in [0.29, 0.717) is 11.5 Å². The zero-order valence-electron chi connectivity index (χ0n) is 11.8. The molecule has 96 valence electrons. The van der Waals surface area contributed by atoms with Gasteiger partial charge in [-0.2, -0.15) is 0 Å². The predicted molar refractivity (Wildman–Crippen MR) is 71.8 cm³/mol. The summed E-state index contributed by atoms with van der Waals surface area (Å²) in [5.74, 6) is 0.841. The first-order valence-corrected chi connectivity index (χ1v) is 6.88. The van der Waals surface area contributed by atoms with Crippen LogP contribution in [-0.2, 0) is 0 Å². The van der Waals surface area contributed by atoms with Crippen molar-refractivity contribution < 1.29 is 0 Å². The molecule has 0 amide bonds. The number of rotatable bonds is 5. The van der Waals surface area contributed by atoms with Crippen molar-refractivity contribution in [3.8, 4) is 0 Å². The van der Waals surface area contributed by atoms with E-state index in [1.54, 1.807) is 0 Å². The van der Waals surface area contributed by atoms with Crippen molar-refractivity contribution in [3.63, 3.8) is 0 Å². The molecule has 1 saturated heterocycles. The molecule has 0 saturated carbocycles. The lowest BCUT2D eigenvalue weighted by Gasteiger charge is -2.41. The average molecular weight is 226 g/mol. The van der Waals surface area contributed by atoms with Crippen LogP contribution in [0.1, 0.15) is 47.0 Å². The Balaban J connectivity index is 2.48. The first kappa shape index (κ1) is 14.0. The lowest BCUT2D eigenvalue weighted by Crippen LogP contribution is -2.45. The largest absolute Gasteiger partial charge is 0.316 e. The zero-order chi connectivity index (χ0) is 12.2. The molecule has 0 aromatic rings. The van der Waals surface area contributed by atoms with Crippen molar-refractivity contribution in [2.24, 2.45) is 11.3 Å². The van der Waals surface area contributed by atoms with Gasteiger partial charge < -0.3 is 10.2 Å². The summed E-state index contributed by atoms with van der Waals surface area (Å²) in [5.41, 5.74) is 0.436. The molecular weight excluding hydrogens is 196 g/mol. The standard InChI is InChI=1S/C14H30N2/c1-6-12(2)16(5)11-14(3,4)13-8-7-9-15-10-13/h12-13,15H,6-11H2,1-5H3. The minimum absolute atomic E-state index is 0.436. The second kappa shape index (κ2) is 6.02. The van der Waals surface area contributed by atoms with Gasteiger partial charge in [0.2, 0.25) is 0 Å². The van der Waals surface area contributed by atoms with E-state index in [1.165, 1.54) is 38.9 Å². The number of hydrogen-bond acceptors (Lipinski definition) is 2. The van der Waals surface area contributed by atoms with E-state index in [0.717, 1.165) is 5.92 Å². The second-order valence-corrected chi connectivity index (χ2v) is 6.20. The highest BCUT2D eigenvalue weighted by atomic mass is 15.1. The SMILES string of the molecule is CCC(C)N(C)CC(C)(C)C1CCCNC1. The lowest BCUT2D eigenvalue weighted by molar-refractivity contribution is 0.0945. The summed E-state index contributed by atoms with van der Waals surface area (Å²) in [4.78, 5) is 2.52. The van der Waals surface area contributed by atoms with Crippen molar-refractivity contribution >= 4 is 0 Å². The van der Waals surface area contributed by atoms with Gasteiger partial charge in [0, 0.05) is 12.6 Å². The third-order valence-corrected chi connectivity index (χ3v) is 4.40. The summed E-state index contributed by atoms with van der Waals surface area (Å²) in [6, 6.07) is 0.704. The van der Waals surface area contributed by atoms with Gasteiger partial charge in [0.25, 0.3) is 0 Å². The molecule has 2 heteroatoms. The number of hydrogen-bond donors (Lipinski definition) is 1. The number of piperidine rings is 1. The predicted octanol–water partition coefficient (Wildman–Crippen LogP) is 2.74. The van der Waals surface area contributed by atoms with Crippen LogP contribution >= 0.6 is 0 Å².